The minimum absolute atomic E-state index is 0.115. The Kier molecular flexibility index (Phi) is 4.87. The molecule has 0 saturated heterocycles. The minimum Gasteiger partial charge on any atom is -0.504 e. The van der Waals surface area contributed by atoms with Gasteiger partial charge in [0.1, 0.15) is 0 Å². The van der Waals surface area contributed by atoms with E-state index in [-0.39, 0.29) is 22.8 Å². The predicted molar refractivity (Wildman–Crippen MR) is 66.3 cm³/mol. The largest absolute Gasteiger partial charge is 0.504 e. The number of pyridine rings is 1. The summed E-state index contributed by atoms with van der Waals surface area (Å²) in [5.41, 5.74) is -0.136. The second-order valence-electron chi connectivity index (χ2n) is 3.48. The summed E-state index contributed by atoms with van der Waals surface area (Å²) in [6.07, 6.45) is 1.45. The Morgan fingerprint density at radius 3 is 2.32 bits per heavy atom. The summed E-state index contributed by atoms with van der Waals surface area (Å²) >= 11 is 0. The van der Waals surface area contributed by atoms with Crippen LogP contribution in [-0.4, -0.2) is 36.2 Å². The van der Waals surface area contributed by atoms with Crippen LogP contribution >= 0.6 is 0 Å². The Morgan fingerprint density at radius 2 is 1.84 bits per heavy atom. The topological polar surface area (TPSA) is 97.8 Å². The van der Waals surface area contributed by atoms with Gasteiger partial charge in [0.05, 0.1) is 14.2 Å². The monoisotopic (exact) mass is 266 g/mol. The maximum absolute atomic E-state index is 11.5. The maximum Gasteiger partial charge on any atom is 0.347 e. The molecule has 0 aromatic carbocycles. The number of carbonyl (C=O) groups excluding carboxylic acids is 2. The van der Waals surface area contributed by atoms with Crippen molar-refractivity contribution in [1.82, 2.24) is 4.98 Å². The van der Waals surface area contributed by atoms with E-state index in [2.05, 4.69) is 19.8 Å². The van der Waals surface area contributed by atoms with Crippen LogP contribution in [0.5, 0.6) is 5.75 Å². The van der Waals surface area contributed by atoms with Crippen molar-refractivity contribution in [3.63, 3.8) is 0 Å². The zero-order chi connectivity index (χ0) is 14.4. The van der Waals surface area contributed by atoms with Crippen LogP contribution in [0, 0.1) is 0 Å². The first-order valence-corrected chi connectivity index (χ1v) is 5.29. The molecule has 0 aliphatic rings. The third kappa shape index (κ3) is 3.44. The molecular weight excluding hydrogens is 252 g/mol. The molecule has 0 aliphatic carbocycles. The van der Waals surface area contributed by atoms with Crippen LogP contribution in [0.1, 0.15) is 6.92 Å². The number of allylic oxidation sites excluding steroid dienone is 1. The van der Waals surface area contributed by atoms with Gasteiger partial charge in [-0.25, -0.2) is 14.6 Å². The molecule has 1 aromatic heterocycles. The first kappa shape index (κ1) is 14.5. The number of hydrogen-bond acceptors (Lipinski definition) is 7. The van der Waals surface area contributed by atoms with Gasteiger partial charge in [-0.2, -0.15) is 0 Å². The predicted octanol–water partition coefficient (Wildman–Crippen LogP) is 0.819. The third-order valence-corrected chi connectivity index (χ3v) is 2.25. The summed E-state index contributed by atoms with van der Waals surface area (Å²) in [6.45, 7) is 1.47. The first-order chi connectivity index (χ1) is 9.01. The summed E-state index contributed by atoms with van der Waals surface area (Å²) in [7, 11) is 2.30. The van der Waals surface area contributed by atoms with Gasteiger partial charge in [0, 0.05) is 11.9 Å². The van der Waals surface area contributed by atoms with Crippen LogP contribution in [0.15, 0.2) is 29.6 Å². The highest BCUT2D eigenvalue weighted by atomic mass is 16.5. The van der Waals surface area contributed by atoms with Gasteiger partial charge in [0.25, 0.3) is 0 Å². The van der Waals surface area contributed by atoms with Crippen molar-refractivity contribution in [3.05, 3.63) is 29.6 Å². The van der Waals surface area contributed by atoms with Crippen molar-refractivity contribution in [2.75, 3.05) is 19.5 Å². The number of esters is 2. The molecule has 1 heterocycles. The molecule has 19 heavy (non-hydrogen) atoms. The van der Waals surface area contributed by atoms with Crippen LogP contribution in [0.2, 0.25) is 0 Å². The fourth-order valence-corrected chi connectivity index (χ4v) is 1.33. The van der Waals surface area contributed by atoms with E-state index < -0.39 is 11.9 Å². The van der Waals surface area contributed by atoms with Crippen molar-refractivity contribution in [2.45, 2.75) is 6.92 Å². The van der Waals surface area contributed by atoms with Gasteiger partial charge >= 0.3 is 11.9 Å². The molecule has 2 N–H and O–H groups in total. The van der Waals surface area contributed by atoms with Gasteiger partial charge in [0.15, 0.2) is 17.1 Å². The number of hydrogen-bond donors (Lipinski definition) is 2. The number of nitrogens with zero attached hydrogens (tertiary/aromatic N) is 1. The SMILES string of the molecule is COC(=O)C(C(=O)OC)=C(C)Nc1ncccc1O. The van der Waals surface area contributed by atoms with Gasteiger partial charge in [-0.05, 0) is 19.1 Å². The van der Waals surface area contributed by atoms with Crippen molar-refractivity contribution in [2.24, 2.45) is 0 Å². The average Bonchev–Trinajstić information content (AvgIpc) is 2.41. The third-order valence-electron chi connectivity index (χ3n) is 2.25. The first-order valence-electron chi connectivity index (χ1n) is 5.29. The van der Waals surface area contributed by atoms with Crippen LogP contribution in [0.3, 0.4) is 0 Å². The lowest BCUT2D eigenvalue weighted by Crippen LogP contribution is -2.20. The van der Waals surface area contributed by atoms with E-state index in [0.29, 0.717) is 0 Å². The number of rotatable bonds is 4. The molecule has 0 bridgehead atoms. The van der Waals surface area contributed by atoms with Crippen molar-refractivity contribution in [1.29, 1.82) is 0 Å². The van der Waals surface area contributed by atoms with E-state index in [0.717, 1.165) is 14.2 Å². The summed E-state index contributed by atoms with van der Waals surface area (Å²) in [6, 6.07) is 2.96. The Hall–Kier alpha value is -2.57. The highest BCUT2D eigenvalue weighted by molar-refractivity contribution is 6.14. The zero-order valence-electron chi connectivity index (χ0n) is 10.8. The number of anilines is 1. The maximum atomic E-state index is 11.5. The van der Waals surface area contributed by atoms with Gasteiger partial charge in [0.2, 0.25) is 0 Å². The number of aromatic nitrogens is 1. The normalized spacial score (nSPS) is 9.42. The molecule has 0 fully saturated rings. The van der Waals surface area contributed by atoms with E-state index in [4.69, 9.17) is 0 Å². The second kappa shape index (κ2) is 6.39. The van der Waals surface area contributed by atoms with Crippen molar-refractivity contribution < 1.29 is 24.2 Å². The Labute approximate surface area is 109 Å². The lowest BCUT2D eigenvalue weighted by atomic mass is 10.2. The summed E-state index contributed by atoms with van der Waals surface area (Å²) in [5.74, 6) is -1.68. The van der Waals surface area contributed by atoms with Crippen molar-refractivity contribution >= 4 is 17.8 Å². The van der Waals surface area contributed by atoms with E-state index in [1.54, 1.807) is 6.07 Å². The fraction of sp³-hybridized carbons (Fsp3) is 0.250. The van der Waals surface area contributed by atoms with Gasteiger partial charge in [-0.3, -0.25) is 0 Å². The molecule has 102 valence electrons. The molecule has 0 aliphatic heterocycles. The quantitative estimate of drug-likeness (QED) is 0.360. The summed E-state index contributed by atoms with van der Waals surface area (Å²) < 4.78 is 9.01. The second-order valence-corrected chi connectivity index (χ2v) is 3.48. The standard InChI is InChI=1S/C12H14N2O5/c1-7(9(11(16)18-2)12(17)19-3)14-10-8(15)5-4-6-13-10/h4-6,15H,1-3H3,(H,13,14). The Morgan fingerprint density at radius 1 is 1.26 bits per heavy atom. The minimum atomic E-state index is -0.840. The number of carbonyl (C=O) groups is 2. The van der Waals surface area contributed by atoms with Gasteiger partial charge in [-0.1, -0.05) is 0 Å². The van der Waals surface area contributed by atoms with Gasteiger partial charge in [-0.15, -0.1) is 0 Å². The lowest BCUT2D eigenvalue weighted by molar-refractivity contribution is -0.144. The van der Waals surface area contributed by atoms with E-state index in [1.165, 1.54) is 19.2 Å². The van der Waals surface area contributed by atoms with E-state index in [9.17, 15) is 14.7 Å². The molecule has 0 spiro atoms. The molecule has 7 heteroatoms. The molecule has 0 atom stereocenters. The van der Waals surface area contributed by atoms with E-state index in [1.807, 2.05) is 0 Å². The molecule has 0 radical (unpaired) electrons. The van der Waals surface area contributed by atoms with Crippen LogP contribution in [-0.2, 0) is 19.1 Å². The van der Waals surface area contributed by atoms with Crippen LogP contribution < -0.4 is 5.32 Å². The molecule has 0 unspecified atom stereocenters. The number of aromatic hydroxyl groups is 1. The highest BCUT2D eigenvalue weighted by Gasteiger charge is 2.23. The Bertz CT molecular complexity index is 507. The van der Waals surface area contributed by atoms with Crippen LogP contribution in [0.25, 0.3) is 0 Å². The Balaban J connectivity index is 3.13. The van der Waals surface area contributed by atoms with Crippen molar-refractivity contribution in [3.8, 4) is 5.75 Å². The van der Waals surface area contributed by atoms with Crippen LogP contribution in [0.4, 0.5) is 5.82 Å². The van der Waals surface area contributed by atoms with Gasteiger partial charge < -0.3 is 19.9 Å². The zero-order valence-corrected chi connectivity index (χ0v) is 10.8. The average molecular weight is 266 g/mol. The molecule has 1 aromatic rings. The fourth-order valence-electron chi connectivity index (χ4n) is 1.33. The summed E-state index contributed by atoms with van der Waals surface area (Å²) in [4.78, 5) is 26.9. The number of ether oxygens (including phenoxy) is 2. The summed E-state index contributed by atoms with van der Waals surface area (Å²) in [5, 5.41) is 12.2. The highest BCUT2D eigenvalue weighted by Crippen LogP contribution is 2.21. The number of nitrogens with one attached hydrogen (secondary N) is 1. The number of methoxy groups -OCH3 is 2. The molecule has 0 amide bonds. The molecule has 0 saturated carbocycles. The molecule has 1 rings (SSSR count). The lowest BCUT2D eigenvalue weighted by Gasteiger charge is -2.11. The molecular formula is C12H14N2O5. The smallest absolute Gasteiger partial charge is 0.347 e. The van der Waals surface area contributed by atoms with E-state index >= 15 is 0 Å². The molecule has 7 nitrogen and oxygen atoms in total.